The van der Waals surface area contributed by atoms with Gasteiger partial charge >= 0.3 is 5.97 Å². The van der Waals surface area contributed by atoms with Crippen molar-refractivity contribution < 1.29 is 34.2 Å². The second-order valence-electron chi connectivity index (χ2n) is 10.4. The lowest BCUT2D eigenvalue weighted by molar-refractivity contribution is -0.142. The summed E-state index contributed by atoms with van der Waals surface area (Å²) in [7, 11) is 0. The van der Waals surface area contributed by atoms with Crippen molar-refractivity contribution in [1.82, 2.24) is 21.3 Å². The normalized spacial score (nSPS) is 14.4. The van der Waals surface area contributed by atoms with Gasteiger partial charge in [0.2, 0.25) is 23.6 Å². The van der Waals surface area contributed by atoms with Crippen molar-refractivity contribution in [3.05, 3.63) is 35.9 Å². The van der Waals surface area contributed by atoms with E-state index in [1.165, 1.54) is 0 Å². The average molecular weight is 535 g/mol. The smallest absolute Gasteiger partial charge is 0.312 e. The molecule has 4 unspecified atom stereocenters. The number of hydrogen-bond acceptors (Lipinski definition) is 6. The number of amides is 4. The molecule has 212 valence electrons. The summed E-state index contributed by atoms with van der Waals surface area (Å²) >= 11 is 0. The van der Waals surface area contributed by atoms with Crippen LogP contribution in [-0.4, -0.2) is 70.6 Å². The number of rotatable bonds is 15. The highest BCUT2D eigenvalue weighted by Gasteiger charge is 2.33. The fraction of sp³-hybridized carbons (Fsp3) is 0.593. The van der Waals surface area contributed by atoms with Crippen LogP contribution in [0.1, 0.15) is 53.5 Å². The van der Waals surface area contributed by atoms with Gasteiger partial charge < -0.3 is 31.5 Å². The van der Waals surface area contributed by atoms with E-state index >= 15 is 0 Å². The predicted molar refractivity (Wildman–Crippen MR) is 142 cm³/mol. The van der Waals surface area contributed by atoms with Crippen LogP contribution in [0.25, 0.3) is 0 Å². The second kappa shape index (κ2) is 15.7. The number of nitrogens with one attached hydrogen (secondary N) is 4. The predicted octanol–water partition coefficient (Wildman–Crippen LogP) is 0.603. The van der Waals surface area contributed by atoms with Crippen molar-refractivity contribution in [1.29, 1.82) is 0 Å². The molecule has 0 fully saturated rings. The Kier molecular flexibility index (Phi) is 13.5. The summed E-state index contributed by atoms with van der Waals surface area (Å²) in [5.41, 5.74) is 0.940. The van der Waals surface area contributed by atoms with Crippen molar-refractivity contribution in [3.8, 4) is 0 Å². The lowest BCUT2D eigenvalue weighted by Crippen LogP contribution is -2.60. The Morgan fingerprint density at radius 1 is 0.684 bits per heavy atom. The molecule has 0 aliphatic heterocycles. The number of carbonyl (C=O) groups excluding carboxylic acids is 4. The monoisotopic (exact) mass is 534 g/mol. The Balaban J connectivity index is 2.94. The van der Waals surface area contributed by atoms with Gasteiger partial charge in [-0.1, -0.05) is 71.9 Å². The van der Waals surface area contributed by atoms with E-state index in [2.05, 4.69) is 21.3 Å². The van der Waals surface area contributed by atoms with Gasteiger partial charge in [-0.15, -0.1) is 0 Å². The molecular weight excluding hydrogens is 492 g/mol. The molecule has 0 aromatic heterocycles. The van der Waals surface area contributed by atoms with Crippen LogP contribution in [0.15, 0.2) is 30.3 Å². The molecule has 0 spiro atoms. The topological polar surface area (TPSA) is 174 Å². The van der Waals surface area contributed by atoms with E-state index in [-0.39, 0.29) is 24.4 Å². The fourth-order valence-electron chi connectivity index (χ4n) is 3.80. The van der Waals surface area contributed by atoms with E-state index in [9.17, 15) is 29.1 Å². The zero-order valence-electron chi connectivity index (χ0n) is 23.0. The molecule has 11 heteroatoms. The number of carbonyl (C=O) groups is 5. The number of aliphatic hydroxyl groups excluding tert-OH is 1. The first-order valence-corrected chi connectivity index (χ1v) is 12.8. The van der Waals surface area contributed by atoms with Crippen LogP contribution in [0, 0.1) is 17.8 Å². The van der Waals surface area contributed by atoms with Crippen molar-refractivity contribution in [2.75, 3.05) is 6.61 Å². The van der Waals surface area contributed by atoms with Gasteiger partial charge in [-0.05, 0) is 29.7 Å². The highest BCUT2D eigenvalue weighted by Crippen LogP contribution is 2.10. The van der Waals surface area contributed by atoms with Gasteiger partial charge in [0, 0.05) is 0 Å². The van der Waals surface area contributed by atoms with E-state index in [1.807, 2.05) is 30.3 Å². The SMILES string of the molecule is CC(C)C(NC(=O)CC(=O)O)C(=O)NC(C(=O)NC(C(=O)NC(CO)Cc1ccccc1)C(C)C)C(C)C. The molecule has 0 saturated carbocycles. The van der Waals surface area contributed by atoms with Crippen LogP contribution in [0.4, 0.5) is 0 Å². The number of hydrogen-bond donors (Lipinski definition) is 6. The average Bonchev–Trinajstić information content (AvgIpc) is 2.83. The van der Waals surface area contributed by atoms with Gasteiger partial charge in [0.05, 0.1) is 12.6 Å². The maximum absolute atomic E-state index is 13.2. The molecule has 0 saturated heterocycles. The molecular formula is C27H42N4O7. The summed E-state index contributed by atoms with van der Waals surface area (Å²) in [5, 5.41) is 29.2. The summed E-state index contributed by atoms with van der Waals surface area (Å²) in [6.07, 6.45) is -0.369. The van der Waals surface area contributed by atoms with Crippen LogP contribution in [0.5, 0.6) is 0 Å². The first-order valence-electron chi connectivity index (χ1n) is 12.8. The van der Waals surface area contributed by atoms with Crippen LogP contribution >= 0.6 is 0 Å². The lowest BCUT2D eigenvalue weighted by atomic mass is 9.97. The van der Waals surface area contributed by atoms with E-state index in [0.717, 1.165) is 5.56 Å². The van der Waals surface area contributed by atoms with Crippen molar-refractivity contribution in [3.63, 3.8) is 0 Å². The van der Waals surface area contributed by atoms with Crippen molar-refractivity contribution in [2.45, 2.75) is 78.6 Å². The Morgan fingerprint density at radius 2 is 1.11 bits per heavy atom. The first kappa shape index (κ1) is 32.6. The standard InChI is InChI=1S/C27H42N4O7/c1-15(2)22(29-20(33)13-21(34)35)26(37)31-24(17(5)6)27(38)30-23(16(3)4)25(36)28-19(14-32)12-18-10-8-7-9-11-18/h7-11,15-17,19,22-24,32H,12-14H2,1-6H3,(H,28,36)(H,29,33)(H,30,38)(H,31,37)(H,34,35). The van der Waals surface area contributed by atoms with Gasteiger partial charge in [0.1, 0.15) is 24.5 Å². The lowest BCUT2D eigenvalue weighted by Gasteiger charge is -2.30. The van der Waals surface area contributed by atoms with E-state index in [1.54, 1.807) is 41.5 Å². The zero-order chi connectivity index (χ0) is 29.0. The molecule has 38 heavy (non-hydrogen) atoms. The van der Waals surface area contributed by atoms with Crippen LogP contribution in [0.3, 0.4) is 0 Å². The van der Waals surface area contributed by atoms with Gasteiger partial charge in [0.15, 0.2) is 0 Å². The molecule has 4 atom stereocenters. The number of aliphatic hydroxyl groups is 1. The number of benzene rings is 1. The number of carboxylic acids is 1. The van der Waals surface area contributed by atoms with E-state index < -0.39 is 60.2 Å². The summed E-state index contributed by atoms with van der Waals surface area (Å²) in [6.45, 7) is 10.1. The zero-order valence-corrected chi connectivity index (χ0v) is 23.0. The highest BCUT2D eigenvalue weighted by atomic mass is 16.4. The molecule has 0 aliphatic rings. The maximum atomic E-state index is 13.2. The van der Waals surface area contributed by atoms with Gasteiger partial charge in [-0.25, -0.2) is 0 Å². The maximum Gasteiger partial charge on any atom is 0.312 e. The van der Waals surface area contributed by atoms with Crippen molar-refractivity contribution in [2.24, 2.45) is 17.8 Å². The molecule has 1 rings (SSSR count). The van der Waals surface area contributed by atoms with E-state index in [4.69, 9.17) is 5.11 Å². The minimum atomic E-state index is -1.32. The third kappa shape index (κ3) is 10.9. The summed E-state index contributed by atoms with van der Waals surface area (Å²) in [5.74, 6) is -4.85. The van der Waals surface area contributed by atoms with E-state index in [0.29, 0.717) is 6.42 Å². The highest BCUT2D eigenvalue weighted by molar-refractivity contribution is 5.97. The van der Waals surface area contributed by atoms with Crippen molar-refractivity contribution >= 4 is 29.6 Å². The molecule has 1 aromatic rings. The summed E-state index contributed by atoms with van der Waals surface area (Å²) < 4.78 is 0. The molecule has 0 bridgehead atoms. The Labute approximate surface area is 224 Å². The molecule has 11 nitrogen and oxygen atoms in total. The Bertz CT molecular complexity index is 950. The Hall–Kier alpha value is -3.47. The molecule has 6 N–H and O–H groups in total. The minimum Gasteiger partial charge on any atom is -0.481 e. The minimum absolute atomic E-state index is 0.283. The van der Waals surface area contributed by atoms with Gasteiger partial charge in [0.25, 0.3) is 0 Å². The molecule has 0 radical (unpaired) electrons. The number of aliphatic carboxylic acids is 1. The Morgan fingerprint density at radius 3 is 1.50 bits per heavy atom. The summed E-state index contributed by atoms with van der Waals surface area (Å²) in [4.78, 5) is 62.0. The molecule has 0 aliphatic carbocycles. The molecule has 0 heterocycles. The molecule has 4 amide bonds. The summed E-state index contributed by atoms with van der Waals surface area (Å²) in [6, 6.07) is 5.83. The fourth-order valence-corrected chi connectivity index (χ4v) is 3.80. The van der Waals surface area contributed by atoms with Crippen LogP contribution in [0.2, 0.25) is 0 Å². The van der Waals surface area contributed by atoms with Crippen LogP contribution < -0.4 is 21.3 Å². The van der Waals surface area contributed by atoms with Crippen LogP contribution in [-0.2, 0) is 30.4 Å². The van der Waals surface area contributed by atoms with Gasteiger partial charge in [-0.2, -0.15) is 0 Å². The number of carboxylic acid groups (broad SMARTS) is 1. The quantitative estimate of drug-likeness (QED) is 0.179. The second-order valence-corrected chi connectivity index (χ2v) is 10.4. The third-order valence-electron chi connectivity index (χ3n) is 5.96. The van der Waals surface area contributed by atoms with Gasteiger partial charge in [-0.3, -0.25) is 24.0 Å². The largest absolute Gasteiger partial charge is 0.481 e. The first-order chi connectivity index (χ1) is 17.8. The third-order valence-corrected chi connectivity index (χ3v) is 5.96. The molecule has 1 aromatic carbocycles.